The first-order chi connectivity index (χ1) is 10.0. The molecule has 0 saturated carbocycles. The van der Waals surface area contributed by atoms with E-state index in [4.69, 9.17) is 4.74 Å². The molecule has 4 unspecified atom stereocenters. The van der Waals surface area contributed by atoms with Crippen LogP contribution in [0.25, 0.3) is 0 Å². The molecule has 0 aromatic heterocycles. The van der Waals surface area contributed by atoms with Crippen LogP contribution in [-0.2, 0) is 4.74 Å². The van der Waals surface area contributed by atoms with Gasteiger partial charge in [-0.1, -0.05) is 43.7 Å². The molecular weight excluding hydrogens is 264 g/mol. The van der Waals surface area contributed by atoms with Crippen LogP contribution in [0.4, 0.5) is 0 Å². The predicted molar refractivity (Wildman–Crippen MR) is 81.9 cm³/mol. The molecule has 114 valence electrons. The number of fused-ring (bicyclic) bond motifs is 2. The maximum absolute atomic E-state index is 10.2. The van der Waals surface area contributed by atoms with Crippen LogP contribution in [0, 0.1) is 23.2 Å². The summed E-state index contributed by atoms with van der Waals surface area (Å²) in [4.78, 5) is 0. The van der Waals surface area contributed by atoms with Crippen molar-refractivity contribution in [2.24, 2.45) is 23.2 Å². The topological polar surface area (TPSA) is 49.7 Å². The number of benzene rings is 1. The highest BCUT2D eigenvalue weighted by Gasteiger charge is 2.53. The smallest absolute Gasteiger partial charge is 0.121 e. The summed E-state index contributed by atoms with van der Waals surface area (Å²) in [7, 11) is 0. The van der Waals surface area contributed by atoms with Gasteiger partial charge in [-0.15, -0.1) is 0 Å². The van der Waals surface area contributed by atoms with Crippen LogP contribution in [0.2, 0.25) is 0 Å². The van der Waals surface area contributed by atoms with Crippen molar-refractivity contribution in [1.29, 1.82) is 0 Å². The standard InChI is InChI=1S/C18H24O3/c1-11-8-12(2)18(9-19)10-21-17(16(11)13(18)3)14-6-4-5-7-15(14)20/h4-8,12-13,16-17,19-20H,9-10H2,1-3H3/t12?,13?,16?,17?,18-/m0/s1. The van der Waals surface area contributed by atoms with Crippen molar-refractivity contribution in [1.82, 2.24) is 0 Å². The number of phenolic OH excluding ortho intramolecular Hbond substituents is 1. The molecule has 3 heteroatoms. The number of phenols is 1. The van der Waals surface area contributed by atoms with E-state index in [0.29, 0.717) is 18.4 Å². The maximum Gasteiger partial charge on any atom is 0.121 e. The lowest BCUT2D eigenvalue weighted by molar-refractivity contribution is -0.165. The Morgan fingerprint density at radius 2 is 2.00 bits per heavy atom. The summed E-state index contributed by atoms with van der Waals surface area (Å²) >= 11 is 0. The second-order valence-electron chi connectivity index (χ2n) is 6.70. The zero-order valence-corrected chi connectivity index (χ0v) is 12.9. The summed E-state index contributed by atoms with van der Waals surface area (Å²) in [6.45, 7) is 7.19. The van der Waals surface area contributed by atoms with Gasteiger partial charge in [-0.05, 0) is 24.8 Å². The van der Waals surface area contributed by atoms with Crippen LogP contribution in [-0.4, -0.2) is 23.4 Å². The largest absolute Gasteiger partial charge is 0.508 e. The summed E-state index contributed by atoms with van der Waals surface area (Å²) < 4.78 is 6.16. The average Bonchev–Trinajstić information content (AvgIpc) is 2.46. The third-order valence-corrected chi connectivity index (χ3v) is 5.79. The molecule has 1 aliphatic heterocycles. The monoisotopic (exact) mass is 288 g/mol. The molecule has 0 radical (unpaired) electrons. The first-order valence-electron chi connectivity index (χ1n) is 7.70. The van der Waals surface area contributed by atoms with Gasteiger partial charge in [0.05, 0.1) is 19.3 Å². The normalized spacial score (nSPS) is 39.0. The zero-order valence-electron chi connectivity index (χ0n) is 12.9. The lowest BCUT2D eigenvalue weighted by Crippen LogP contribution is -2.53. The highest BCUT2D eigenvalue weighted by molar-refractivity contribution is 5.37. The number of hydrogen-bond acceptors (Lipinski definition) is 3. The van der Waals surface area contributed by atoms with E-state index < -0.39 is 0 Å². The number of aromatic hydroxyl groups is 1. The fraction of sp³-hybridized carbons (Fsp3) is 0.556. The molecule has 5 atom stereocenters. The molecule has 21 heavy (non-hydrogen) atoms. The Labute approximate surface area is 126 Å². The van der Waals surface area contributed by atoms with Gasteiger partial charge in [0.15, 0.2) is 0 Å². The van der Waals surface area contributed by atoms with E-state index in [1.165, 1.54) is 5.57 Å². The fourth-order valence-corrected chi connectivity index (χ4v) is 4.30. The Balaban J connectivity index is 2.06. The summed E-state index contributed by atoms with van der Waals surface area (Å²) in [6.07, 6.45) is 2.14. The van der Waals surface area contributed by atoms with Gasteiger partial charge in [0.2, 0.25) is 0 Å². The Bertz CT molecular complexity index is 565. The molecule has 1 heterocycles. The minimum absolute atomic E-state index is 0.135. The Morgan fingerprint density at radius 1 is 1.29 bits per heavy atom. The van der Waals surface area contributed by atoms with Gasteiger partial charge in [-0.25, -0.2) is 0 Å². The number of hydrogen-bond donors (Lipinski definition) is 2. The molecule has 1 aliphatic carbocycles. The van der Waals surface area contributed by atoms with Crippen molar-refractivity contribution in [2.75, 3.05) is 13.2 Å². The van der Waals surface area contributed by atoms with Crippen molar-refractivity contribution >= 4 is 0 Å². The van der Waals surface area contributed by atoms with Crippen LogP contribution in [0.5, 0.6) is 5.75 Å². The van der Waals surface area contributed by atoms with E-state index in [2.05, 4.69) is 26.8 Å². The van der Waals surface area contributed by atoms with Crippen LogP contribution in [0.3, 0.4) is 0 Å². The highest BCUT2D eigenvalue weighted by atomic mass is 16.5. The number of para-hydroxylation sites is 1. The summed E-state index contributed by atoms with van der Waals surface area (Å²) in [5.74, 6) is 1.12. The van der Waals surface area contributed by atoms with Crippen molar-refractivity contribution in [3.05, 3.63) is 41.5 Å². The first kappa shape index (κ1) is 14.6. The van der Waals surface area contributed by atoms with Gasteiger partial charge in [-0.2, -0.15) is 0 Å². The SMILES string of the molecule is CC1=CC(C)[C@]2(CO)COC(c3ccccc3O)C1C2C. The summed E-state index contributed by atoms with van der Waals surface area (Å²) in [5.41, 5.74) is 1.95. The lowest BCUT2D eigenvalue weighted by atomic mass is 9.56. The third-order valence-electron chi connectivity index (χ3n) is 5.79. The number of ether oxygens (including phenoxy) is 1. The molecule has 1 aromatic carbocycles. The highest BCUT2D eigenvalue weighted by Crippen LogP contribution is 2.56. The van der Waals surface area contributed by atoms with Gasteiger partial charge in [0, 0.05) is 16.9 Å². The van der Waals surface area contributed by atoms with Gasteiger partial charge < -0.3 is 14.9 Å². The molecule has 1 aromatic rings. The van der Waals surface area contributed by atoms with Crippen LogP contribution in [0.15, 0.2) is 35.9 Å². The van der Waals surface area contributed by atoms with E-state index in [0.717, 1.165) is 5.56 Å². The van der Waals surface area contributed by atoms with Crippen molar-refractivity contribution in [3.63, 3.8) is 0 Å². The lowest BCUT2D eigenvalue weighted by Gasteiger charge is -2.55. The minimum atomic E-state index is -0.203. The Hall–Kier alpha value is -1.32. The fourth-order valence-electron chi connectivity index (χ4n) is 4.30. The molecule has 0 amide bonds. The van der Waals surface area contributed by atoms with E-state index in [1.807, 2.05) is 18.2 Å². The minimum Gasteiger partial charge on any atom is -0.508 e. The van der Waals surface area contributed by atoms with Crippen LogP contribution in [0.1, 0.15) is 32.4 Å². The van der Waals surface area contributed by atoms with E-state index >= 15 is 0 Å². The Kier molecular flexibility index (Phi) is 3.58. The third kappa shape index (κ3) is 2.02. The van der Waals surface area contributed by atoms with E-state index in [9.17, 15) is 10.2 Å². The van der Waals surface area contributed by atoms with E-state index in [1.54, 1.807) is 6.07 Å². The molecule has 1 saturated heterocycles. The van der Waals surface area contributed by atoms with Gasteiger partial charge in [0.25, 0.3) is 0 Å². The van der Waals surface area contributed by atoms with Crippen LogP contribution >= 0.6 is 0 Å². The van der Waals surface area contributed by atoms with Gasteiger partial charge in [0.1, 0.15) is 5.75 Å². The molecule has 2 bridgehead atoms. The molecule has 0 spiro atoms. The average molecular weight is 288 g/mol. The second kappa shape index (κ2) is 5.15. The quantitative estimate of drug-likeness (QED) is 0.821. The van der Waals surface area contributed by atoms with Crippen molar-refractivity contribution in [3.8, 4) is 5.75 Å². The zero-order chi connectivity index (χ0) is 15.2. The molecule has 2 N–H and O–H groups in total. The van der Waals surface area contributed by atoms with Gasteiger partial charge in [-0.3, -0.25) is 0 Å². The first-order valence-corrected chi connectivity index (χ1v) is 7.70. The molecule has 2 aliphatic rings. The molecular formula is C18H24O3. The number of aliphatic hydroxyl groups is 1. The van der Waals surface area contributed by atoms with Crippen LogP contribution < -0.4 is 0 Å². The summed E-state index contributed by atoms with van der Waals surface area (Å²) in [5, 5.41) is 20.1. The van der Waals surface area contributed by atoms with Crippen molar-refractivity contribution < 1.29 is 14.9 Å². The maximum atomic E-state index is 10.2. The van der Waals surface area contributed by atoms with E-state index in [-0.39, 0.29) is 29.8 Å². The molecule has 3 rings (SSSR count). The number of rotatable bonds is 2. The summed E-state index contributed by atoms with van der Waals surface area (Å²) in [6, 6.07) is 7.40. The Morgan fingerprint density at radius 3 is 2.67 bits per heavy atom. The molecule has 3 nitrogen and oxygen atoms in total. The molecule has 1 fully saturated rings. The van der Waals surface area contributed by atoms with Gasteiger partial charge >= 0.3 is 0 Å². The second-order valence-corrected chi connectivity index (χ2v) is 6.70. The van der Waals surface area contributed by atoms with Crippen molar-refractivity contribution in [2.45, 2.75) is 26.9 Å². The number of aliphatic hydroxyl groups excluding tert-OH is 1. The predicted octanol–water partition coefficient (Wildman–Crippen LogP) is 3.29. The number of allylic oxidation sites excluding steroid dienone is 1.